The van der Waals surface area contributed by atoms with Gasteiger partial charge in [0.15, 0.2) is 0 Å². The molecule has 0 aliphatic heterocycles. The van der Waals surface area contributed by atoms with Gasteiger partial charge in [0.2, 0.25) is 0 Å². The van der Waals surface area contributed by atoms with E-state index in [1.165, 1.54) is 33.5 Å². The Morgan fingerprint density at radius 1 is 0.717 bits per heavy atom. The molecule has 0 bridgehead atoms. The van der Waals surface area contributed by atoms with Crippen molar-refractivity contribution in [3.63, 3.8) is 0 Å². The fraction of sp³-hybridized carbons (Fsp3) is 0.319. The Labute approximate surface area is 329 Å². The quantitative estimate of drug-likeness (QED) is 0.122. The maximum absolute atomic E-state index is 6.75. The number of benzene rings is 4. The zero-order chi connectivity index (χ0) is 36.6. The first-order valence-electron chi connectivity index (χ1n) is 18.9. The van der Waals surface area contributed by atoms with Crippen LogP contribution in [0, 0.1) is 26.0 Å². The Kier molecular flexibility index (Phi) is 11.5. The van der Waals surface area contributed by atoms with Gasteiger partial charge in [-0.2, -0.15) is 11.2 Å². The van der Waals surface area contributed by atoms with Gasteiger partial charge in [-0.15, -0.1) is 41.3 Å². The first kappa shape index (κ1) is 38.3. The minimum atomic E-state index is -0.128. The van der Waals surface area contributed by atoms with Gasteiger partial charge in [0.25, 0.3) is 0 Å². The molecule has 6 heteroatoms. The summed E-state index contributed by atoms with van der Waals surface area (Å²) in [6.45, 7) is 17.8. The number of fused-ring (bicyclic) bond motifs is 3. The van der Waals surface area contributed by atoms with Crippen LogP contribution in [0.3, 0.4) is 0 Å². The molecule has 0 N–H and O–H groups in total. The molecule has 0 atom stereocenters. The fourth-order valence-corrected chi connectivity index (χ4v) is 7.53. The van der Waals surface area contributed by atoms with E-state index in [-0.39, 0.29) is 26.5 Å². The molecule has 0 amide bonds. The van der Waals surface area contributed by atoms with Crippen molar-refractivity contribution >= 4 is 21.8 Å². The van der Waals surface area contributed by atoms with Gasteiger partial charge in [-0.05, 0) is 90.1 Å². The van der Waals surface area contributed by atoms with Crippen molar-refractivity contribution in [1.29, 1.82) is 0 Å². The Morgan fingerprint density at radius 3 is 2.17 bits per heavy atom. The zero-order valence-electron chi connectivity index (χ0n) is 32.3. The molecule has 3 aromatic heterocycles. The van der Waals surface area contributed by atoms with E-state index >= 15 is 0 Å². The topological polar surface area (TPSA) is 44.9 Å². The number of nitrogens with zero attached hydrogens (tertiary/aromatic N) is 4. The van der Waals surface area contributed by atoms with Crippen LogP contribution in [-0.2, 0) is 45.7 Å². The summed E-state index contributed by atoms with van der Waals surface area (Å²) in [4.78, 5) is 4.83. The standard InChI is InChI=1S/C47H50N4O.Pt/c1-9-15-33-24-25-48-44(26-33)50-41-21-13-12-20-38(41)39-23-22-36(30-43(39)50)52-37-28-34(47(6,7)8)27-35(29-37)51-42(17-11-3)46(40(49-51)16-10-2)45-31(4)18-14-19-32(45)5;/h12-14,18-28H,9-11,15-17H2,1-8H3;/q-2;+2. The molecular weight excluding hydrogens is 832 g/mol. The number of aromatic nitrogens is 4. The molecule has 7 aromatic rings. The Balaban J connectivity index is 0.00000481. The van der Waals surface area contributed by atoms with Crippen LogP contribution < -0.4 is 4.74 Å². The Morgan fingerprint density at radius 2 is 1.45 bits per heavy atom. The molecule has 53 heavy (non-hydrogen) atoms. The molecule has 0 radical (unpaired) electrons. The second kappa shape index (κ2) is 15.9. The molecule has 274 valence electrons. The van der Waals surface area contributed by atoms with Crippen molar-refractivity contribution in [2.24, 2.45) is 0 Å². The van der Waals surface area contributed by atoms with Crippen LogP contribution in [0.1, 0.15) is 94.4 Å². The van der Waals surface area contributed by atoms with Gasteiger partial charge in [-0.25, -0.2) is 4.98 Å². The third-order valence-corrected chi connectivity index (χ3v) is 10.0. The smallest absolute Gasteiger partial charge is 0.509 e. The average molecular weight is 882 g/mol. The second-order valence-corrected chi connectivity index (χ2v) is 15.1. The second-order valence-electron chi connectivity index (χ2n) is 15.1. The number of rotatable bonds is 11. The van der Waals surface area contributed by atoms with E-state index in [9.17, 15) is 0 Å². The molecular formula is C47H50N4OPt. The van der Waals surface area contributed by atoms with Gasteiger partial charge in [-0.3, -0.25) is 4.68 Å². The largest absolute Gasteiger partial charge is 2.00 e. The number of pyridine rings is 1. The normalized spacial score (nSPS) is 11.7. The third-order valence-electron chi connectivity index (χ3n) is 10.0. The number of para-hydroxylation sites is 1. The van der Waals surface area contributed by atoms with Gasteiger partial charge in [0, 0.05) is 34.5 Å². The van der Waals surface area contributed by atoms with Gasteiger partial charge in [0.05, 0.1) is 5.69 Å². The summed E-state index contributed by atoms with van der Waals surface area (Å²) in [5, 5.41) is 7.64. The predicted molar refractivity (Wildman–Crippen MR) is 215 cm³/mol. The van der Waals surface area contributed by atoms with Crippen molar-refractivity contribution < 1.29 is 25.8 Å². The molecule has 7 rings (SSSR count). The van der Waals surface area contributed by atoms with Crippen LogP contribution in [0.5, 0.6) is 11.5 Å². The molecule has 0 aliphatic rings. The maximum Gasteiger partial charge on any atom is 2.00 e. The summed E-state index contributed by atoms with van der Waals surface area (Å²) < 4.78 is 11.1. The van der Waals surface area contributed by atoms with Crippen molar-refractivity contribution in [3.8, 4) is 34.1 Å². The molecule has 0 spiro atoms. The number of hydrogen-bond acceptors (Lipinski definition) is 3. The number of ether oxygens (including phenoxy) is 1. The van der Waals surface area contributed by atoms with Crippen LogP contribution in [0.15, 0.2) is 85.1 Å². The predicted octanol–water partition coefficient (Wildman–Crippen LogP) is 12.2. The summed E-state index contributed by atoms with van der Waals surface area (Å²) in [7, 11) is 0. The Bertz CT molecular complexity index is 2370. The zero-order valence-corrected chi connectivity index (χ0v) is 34.6. The molecule has 0 unspecified atom stereocenters. The minimum Gasteiger partial charge on any atom is -0.509 e. The average Bonchev–Trinajstić information content (AvgIpc) is 3.63. The van der Waals surface area contributed by atoms with E-state index in [0.717, 1.165) is 83.1 Å². The van der Waals surface area contributed by atoms with E-state index in [0.29, 0.717) is 11.5 Å². The molecule has 3 heterocycles. The summed E-state index contributed by atoms with van der Waals surface area (Å²) >= 11 is 0. The SMILES string of the molecule is CCCc1ccnc(-n2c3[c-]c(Oc4[c-]c(-n5nc(CCC)c(-c6c(C)cccc6C)c5CCC)cc(C(C)(C)C)c4)ccc3c3ccccc32)c1.[Pt+2]. The Hall–Kier alpha value is -4.47. The van der Waals surface area contributed by atoms with E-state index in [4.69, 9.17) is 14.8 Å². The molecule has 0 saturated carbocycles. The first-order valence-corrected chi connectivity index (χ1v) is 18.9. The molecule has 5 nitrogen and oxygen atoms in total. The fourth-order valence-electron chi connectivity index (χ4n) is 7.53. The van der Waals surface area contributed by atoms with Gasteiger partial charge >= 0.3 is 21.1 Å². The van der Waals surface area contributed by atoms with Crippen molar-refractivity contribution in [2.45, 2.75) is 99.3 Å². The van der Waals surface area contributed by atoms with Crippen LogP contribution in [0.4, 0.5) is 0 Å². The summed E-state index contributed by atoms with van der Waals surface area (Å²) in [5.41, 5.74) is 12.7. The summed E-state index contributed by atoms with van der Waals surface area (Å²) in [5.74, 6) is 2.16. The third kappa shape index (κ3) is 7.51. The maximum atomic E-state index is 6.75. The number of hydrogen-bond donors (Lipinski definition) is 0. The summed E-state index contributed by atoms with van der Waals surface area (Å²) in [6, 6.07) is 35.2. The number of aryl methyl sites for hydroxylation is 4. The van der Waals surface area contributed by atoms with E-state index < -0.39 is 0 Å². The van der Waals surface area contributed by atoms with Gasteiger partial charge in [0.1, 0.15) is 5.82 Å². The minimum absolute atomic E-state index is 0. The van der Waals surface area contributed by atoms with Crippen LogP contribution in [-0.4, -0.2) is 19.3 Å². The van der Waals surface area contributed by atoms with Crippen LogP contribution in [0.2, 0.25) is 0 Å². The summed E-state index contributed by atoms with van der Waals surface area (Å²) in [6.07, 6.45) is 7.86. The van der Waals surface area contributed by atoms with Crippen molar-refractivity contribution in [3.05, 3.63) is 131 Å². The molecule has 0 saturated heterocycles. The van der Waals surface area contributed by atoms with E-state index in [2.05, 4.69) is 150 Å². The monoisotopic (exact) mass is 881 g/mol. The van der Waals surface area contributed by atoms with Crippen molar-refractivity contribution in [2.75, 3.05) is 0 Å². The van der Waals surface area contributed by atoms with Gasteiger partial charge < -0.3 is 9.30 Å². The van der Waals surface area contributed by atoms with E-state index in [1.807, 2.05) is 12.3 Å². The van der Waals surface area contributed by atoms with Crippen LogP contribution >= 0.6 is 0 Å². The molecule has 4 aromatic carbocycles. The van der Waals surface area contributed by atoms with Crippen molar-refractivity contribution in [1.82, 2.24) is 19.3 Å². The van der Waals surface area contributed by atoms with Crippen LogP contribution in [0.25, 0.3) is 44.4 Å². The molecule has 0 fully saturated rings. The van der Waals surface area contributed by atoms with Gasteiger partial charge in [-0.1, -0.05) is 103 Å². The van der Waals surface area contributed by atoms with E-state index in [1.54, 1.807) is 0 Å². The first-order chi connectivity index (χ1) is 25.1. The molecule has 0 aliphatic carbocycles.